The van der Waals surface area contributed by atoms with Gasteiger partial charge in [-0.2, -0.15) is 4.98 Å². The standard InChI is InChI=1S/C8H9ClFN5O2/c1-8(2,6(16)14-17)15(11)5-4(10)3-12-7(9)13-5/h3H,11H2,1-2H3. The maximum Gasteiger partial charge on any atom is 0.312 e. The van der Waals surface area contributed by atoms with Crippen molar-refractivity contribution in [2.45, 2.75) is 19.4 Å². The number of carbonyl (C=O) groups excluding carboxylic acids is 1. The van der Waals surface area contributed by atoms with Gasteiger partial charge in [0.15, 0.2) is 11.6 Å². The second-order valence-electron chi connectivity index (χ2n) is 3.64. The molecule has 0 unspecified atom stereocenters. The molecule has 2 N–H and O–H groups in total. The number of nitroso groups, excluding NO2 is 1. The van der Waals surface area contributed by atoms with E-state index in [2.05, 4.69) is 15.1 Å². The molecule has 1 heterocycles. The largest absolute Gasteiger partial charge is 0.312 e. The Bertz CT molecular complexity index is 467. The van der Waals surface area contributed by atoms with E-state index in [0.717, 1.165) is 6.20 Å². The smallest absolute Gasteiger partial charge is 0.277 e. The van der Waals surface area contributed by atoms with Crippen molar-refractivity contribution in [2.24, 2.45) is 11.0 Å². The van der Waals surface area contributed by atoms with Gasteiger partial charge in [-0.25, -0.2) is 15.2 Å². The van der Waals surface area contributed by atoms with Gasteiger partial charge in [-0.1, -0.05) is 0 Å². The minimum Gasteiger partial charge on any atom is -0.277 e. The Morgan fingerprint density at radius 3 is 2.76 bits per heavy atom. The molecule has 1 aromatic rings. The molecule has 0 radical (unpaired) electrons. The van der Waals surface area contributed by atoms with Crippen LogP contribution in [0, 0.1) is 10.7 Å². The zero-order valence-corrected chi connectivity index (χ0v) is 9.77. The van der Waals surface area contributed by atoms with Gasteiger partial charge in [0.1, 0.15) is 5.54 Å². The number of aromatic nitrogens is 2. The topological polar surface area (TPSA) is 102 Å². The van der Waals surface area contributed by atoms with E-state index >= 15 is 0 Å². The monoisotopic (exact) mass is 261 g/mol. The molecule has 0 spiro atoms. The molecule has 7 nitrogen and oxygen atoms in total. The third kappa shape index (κ3) is 2.53. The molecular weight excluding hydrogens is 253 g/mol. The summed E-state index contributed by atoms with van der Waals surface area (Å²) in [6.45, 7) is 2.60. The van der Waals surface area contributed by atoms with Crippen LogP contribution in [0.1, 0.15) is 13.8 Å². The molecule has 0 fully saturated rings. The molecule has 1 rings (SSSR count). The maximum absolute atomic E-state index is 13.4. The zero-order chi connectivity index (χ0) is 13.2. The maximum atomic E-state index is 13.4. The summed E-state index contributed by atoms with van der Waals surface area (Å²) in [5.41, 5.74) is -1.54. The van der Waals surface area contributed by atoms with Gasteiger partial charge in [-0.05, 0) is 25.4 Å². The number of rotatable bonds is 3. The van der Waals surface area contributed by atoms with Crippen molar-refractivity contribution < 1.29 is 9.18 Å². The molecule has 0 saturated heterocycles. The van der Waals surface area contributed by atoms with Gasteiger partial charge < -0.3 is 0 Å². The second-order valence-corrected chi connectivity index (χ2v) is 3.97. The fraction of sp³-hybridized carbons (Fsp3) is 0.375. The van der Waals surface area contributed by atoms with E-state index in [9.17, 15) is 14.1 Å². The van der Waals surface area contributed by atoms with Crippen LogP contribution in [0.25, 0.3) is 0 Å². The first-order valence-electron chi connectivity index (χ1n) is 4.41. The van der Waals surface area contributed by atoms with Crippen LogP contribution in [0.3, 0.4) is 0 Å². The van der Waals surface area contributed by atoms with Crippen molar-refractivity contribution in [1.82, 2.24) is 9.97 Å². The Kier molecular flexibility index (Phi) is 3.69. The van der Waals surface area contributed by atoms with Crippen LogP contribution in [0.5, 0.6) is 0 Å². The Balaban J connectivity index is 3.20. The van der Waals surface area contributed by atoms with Crippen LogP contribution in [0.4, 0.5) is 10.2 Å². The minimum atomic E-state index is -1.54. The minimum absolute atomic E-state index is 0.237. The number of hydrogen-bond acceptors (Lipinski definition) is 6. The molecule has 17 heavy (non-hydrogen) atoms. The molecule has 0 aliphatic heterocycles. The quantitative estimate of drug-likeness (QED) is 0.377. The number of nitrogens with two attached hydrogens (primary N) is 1. The lowest BCUT2D eigenvalue weighted by molar-refractivity contribution is -0.122. The van der Waals surface area contributed by atoms with Gasteiger partial charge in [0.2, 0.25) is 5.28 Å². The normalized spacial score (nSPS) is 11.1. The molecular formula is C8H9ClFN5O2. The fourth-order valence-corrected chi connectivity index (χ4v) is 1.11. The lowest BCUT2D eigenvalue weighted by Crippen LogP contribution is -2.54. The summed E-state index contributed by atoms with van der Waals surface area (Å²) in [6, 6.07) is 0. The Morgan fingerprint density at radius 2 is 2.24 bits per heavy atom. The molecule has 0 aliphatic rings. The van der Waals surface area contributed by atoms with E-state index in [0.29, 0.717) is 5.01 Å². The van der Waals surface area contributed by atoms with Gasteiger partial charge in [0.05, 0.1) is 6.20 Å². The molecule has 92 valence electrons. The van der Waals surface area contributed by atoms with E-state index < -0.39 is 23.1 Å². The van der Waals surface area contributed by atoms with Crippen molar-refractivity contribution in [2.75, 3.05) is 5.01 Å². The van der Waals surface area contributed by atoms with Crippen molar-refractivity contribution in [3.8, 4) is 0 Å². The van der Waals surface area contributed by atoms with Gasteiger partial charge in [0, 0.05) is 5.18 Å². The summed E-state index contributed by atoms with van der Waals surface area (Å²) in [4.78, 5) is 28.4. The van der Waals surface area contributed by atoms with E-state index in [-0.39, 0.29) is 5.28 Å². The Morgan fingerprint density at radius 1 is 1.65 bits per heavy atom. The highest BCUT2D eigenvalue weighted by Crippen LogP contribution is 2.23. The van der Waals surface area contributed by atoms with Crippen LogP contribution in [0.15, 0.2) is 11.4 Å². The van der Waals surface area contributed by atoms with Crippen molar-refractivity contribution in [3.63, 3.8) is 0 Å². The highest BCUT2D eigenvalue weighted by molar-refractivity contribution is 6.28. The summed E-state index contributed by atoms with van der Waals surface area (Å²) in [5.74, 6) is 3.21. The predicted octanol–water partition coefficient (Wildman–Crippen LogP) is 1.02. The first-order chi connectivity index (χ1) is 7.80. The molecule has 0 aromatic carbocycles. The van der Waals surface area contributed by atoms with E-state index in [1.807, 2.05) is 0 Å². The highest BCUT2D eigenvalue weighted by Gasteiger charge is 2.36. The summed E-state index contributed by atoms with van der Waals surface area (Å²) in [7, 11) is 0. The number of halogens is 2. The lowest BCUT2D eigenvalue weighted by atomic mass is 10.0. The van der Waals surface area contributed by atoms with Crippen LogP contribution in [0.2, 0.25) is 5.28 Å². The molecule has 0 atom stereocenters. The summed E-state index contributed by atoms with van der Waals surface area (Å²) < 4.78 is 13.4. The predicted molar refractivity (Wildman–Crippen MR) is 58.5 cm³/mol. The van der Waals surface area contributed by atoms with E-state index in [1.54, 1.807) is 0 Å². The van der Waals surface area contributed by atoms with Crippen LogP contribution < -0.4 is 10.9 Å². The van der Waals surface area contributed by atoms with E-state index in [1.165, 1.54) is 13.8 Å². The third-order valence-electron chi connectivity index (χ3n) is 2.13. The van der Waals surface area contributed by atoms with Crippen molar-refractivity contribution >= 4 is 23.3 Å². The zero-order valence-electron chi connectivity index (χ0n) is 9.02. The van der Waals surface area contributed by atoms with Crippen LogP contribution >= 0.6 is 11.6 Å². The first-order valence-corrected chi connectivity index (χ1v) is 4.79. The molecule has 0 bridgehead atoms. The number of nitrogens with zero attached hydrogens (tertiary/aromatic N) is 4. The fourth-order valence-electron chi connectivity index (χ4n) is 0.986. The lowest BCUT2D eigenvalue weighted by Gasteiger charge is -2.31. The van der Waals surface area contributed by atoms with Crippen LogP contribution in [-0.2, 0) is 4.79 Å². The third-order valence-corrected chi connectivity index (χ3v) is 2.32. The average molecular weight is 262 g/mol. The number of hydrazine groups is 1. The number of carbonyl (C=O) groups is 1. The SMILES string of the molecule is CC(C)(C(=O)N=O)N(N)c1nc(Cl)ncc1F. The van der Waals surface area contributed by atoms with Gasteiger partial charge >= 0.3 is 5.91 Å². The van der Waals surface area contributed by atoms with Gasteiger partial charge in [-0.15, -0.1) is 4.91 Å². The average Bonchev–Trinajstić information content (AvgIpc) is 2.30. The second kappa shape index (κ2) is 4.68. The van der Waals surface area contributed by atoms with E-state index in [4.69, 9.17) is 17.4 Å². The summed E-state index contributed by atoms with van der Waals surface area (Å²) >= 11 is 5.48. The number of anilines is 1. The van der Waals surface area contributed by atoms with Gasteiger partial charge in [0.25, 0.3) is 0 Å². The molecule has 0 aliphatic carbocycles. The molecule has 1 aromatic heterocycles. The number of amides is 1. The van der Waals surface area contributed by atoms with Crippen LogP contribution in [-0.4, -0.2) is 21.4 Å². The van der Waals surface area contributed by atoms with Gasteiger partial charge in [-0.3, -0.25) is 9.80 Å². The Labute approximate surface area is 101 Å². The molecule has 0 saturated carbocycles. The van der Waals surface area contributed by atoms with Crippen molar-refractivity contribution in [3.05, 3.63) is 22.2 Å². The first kappa shape index (κ1) is 13.4. The number of hydrogen-bond donors (Lipinski definition) is 1. The summed E-state index contributed by atoms with van der Waals surface area (Å²) in [5, 5.41) is 2.69. The highest BCUT2D eigenvalue weighted by atomic mass is 35.5. The summed E-state index contributed by atoms with van der Waals surface area (Å²) in [6.07, 6.45) is 0.805. The van der Waals surface area contributed by atoms with Crippen molar-refractivity contribution in [1.29, 1.82) is 0 Å². The molecule has 9 heteroatoms. The molecule has 1 amide bonds. The Hall–Kier alpha value is -1.67.